The van der Waals surface area contributed by atoms with Crippen molar-refractivity contribution < 1.29 is 4.79 Å². The van der Waals surface area contributed by atoms with Crippen molar-refractivity contribution in [1.82, 2.24) is 5.32 Å². The Labute approximate surface area is 118 Å². The molecular weight excluding hydrogens is 256 g/mol. The number of ketones is 1. The first-order chi connectivity index (χ1) is 9.06. The minimum atomic E-state index is -0.336. The van der Waals surface area contributed by atoms with Crippen molar-refractivity contribution in [3.8, 4) is 6.07 Å². The zero-order chi connectivity index (χ0) is 14.0. The van der Waals surface area contributed by atoms with Crippen LogP contribution in [0.15, 0.2) is 52.2 Å². The maximum atomic E-state index is 11.9. The Balaban J connectivity index is 2.65. The topological polar surface area (TPSA) is 52.9 Å². The van der Waals surface area contributed by atoms with Crippen LogP contribution in [0.5, 0.6) is 0 Å². The lowest BCUT2D eigenvalue weighted by molar-refractivity contribution is -0.113. The Hall–Kier alpha value is -1.99. The molecular formula is C15H14N2OS. The fourth-order valence-electron chi connectivity index (χ4n) is 2.37. The van der Waals surface area contributed by atoms with Crippen LogP contribution < -0.4 is 5.32 Å². The highest BCUT2D eigenvalue weighted by Crippen LogP contribution is 2.38. The quantitative estimate of drug-likeness (QED) is 0.812. The van der Waals surface area contributed by atoms with Crippen molar-refractivity contribution in [3.05, 3.63) is 57.8 Å². The molecule has 2 rings (SSSR count). The monoisotopic (exact) mass is 270 g/mol. The first kappa shape index (κ1) is 13.4. The summed E-state index contributed by atoms with van der Waals surface area (Å²) in [4.78, 5) is 11.9. The van der Waals surface area contributed by atoms with Crippen LogP contribution in [0, 0.1) is 11.3 Å². The number of carbonyl (C=O) groups excluding carboxylic acids is 1. The maximum Gasteiger partial charge on any atom is 0.158 e. The lowest BCUT2D eigenvalue weighted by Gasteiger charge is -2.27. The van der Waals surface area contributed by atoms with Gasteiger partial charge in [-0.15, -0.1) is 12.6 Å². The highest BCUT2D eigenvalue weighted by molar-refractivity contribution is 7.84. The molecule has 1 aromatic rings. The molecule has 96 valence electrons. The number of nitriles is 1. The van der Waals surface area contributed by atoms with E-state index in [9.17, 15) is 10.1 Å². The van der Waals surface area contributed by atoms with Crippen molar-refractivity contribution in [1.29, 1.82) is 5.26 Å². The van der Waals surface area contributed by atoms with Gasteiger partial charge in [-0.1, -0.05) is 30.3 Å². The maximum absolute atomic E-state index is 11.9. The number of allylic oxidation sites excluding steroid dienone is 3. The second-order valence-electron chi connectivity index (χ2n) is 4.44. The van der Waals surface area contributed by atoms with Crippen molar-refractivity contribution in [2.45, 2.75) is 19.8 Å². The highest BCUT2D eigenvalue weighted by atomic mass is 32.1. The first-order valence-electron chi connectivity index (χ1n) is 5.93. The van der Waals surface area contributed by atoms with Crippen LogP contribution in [-0.2, 0) is 4.79 Å². The van der Waals surface area contributed by atoms with Crippen molar-refractivity contribution in [2.24, 2.45) is 0 Å². The molecule has 1 N–H and O–H groups in total. The standard InChI is InChI=1S/C15H14N2OS/c1-9-13(10(2)18)14(11-6-4-3-5-7-11)12(8-16)15(19)17-9/h3-7,14,17,19H,1-2H3. The van der Waals surface area contributed by atoms with E-state index in [1.807, 2.05) is 37.3 Å². The summed E-state index contributed by atoms with van der Waals surface area (Å²) in [5.41, 5.74) is 2.79. The molecule has 0 fully saturated rings. The fourth-order valence-corrected chi connectivity index (χ4v) is 2.72. The van der Waals surface area contributed by atoms with Gasteiger partial charge in [0.05, 0.1) is 22.6 Å². The Morgan fingerprint density at radius 2 is 2.00 bits per heavy atom. The number of hydrogen-bond acceptors (Lipinski definition) is 4. The summed E-state index contributed by atoms with van der Waals surface area (Å²) < 4.78 is 0. The van der Waals surface area contributed by atoms with Gasteiger partial charge >= 0.3 is 0 Å². The van der Waals surface area contributed by atoms with Gasteiger partial charge in [0, 0.05) is 11.3 Å². The Morgan fingerprint density at radius 1 is 1.37 bits per heavy atom. The normalized spacial score (nSPS) is 18.9. The molecule has 0 amide bonds. The molecule has 1 aliphatic heterocycles. The van der Waals surface area contributed by atoms with Gasteiger partial charge in [0.2, 0.25) is 0 Å². The minimum Gasteiger partial charge on any atom is -0.353 e. The van der Waals surface area contributed by atoms with Crippen molar-refractivity contribution in [3.63, 3.8) is 0 Å². The molecule has 3 nitrogen and oxygen atoms in total. The molecule has 0 saturated carbocycles. The van der Waals surface area contributed by atoms with Crippen LogP contribution in [0.4, 0.5) is 0 Å². The predicted octanol–water partition coefficient (Wildman–Crippen LogP) is 2.90. The first-order valence-corrected chi connectivity index (χ1v) is 6.38. The number of nitrogens with zero attached hydrogens (tertiary/aromatic N) is 1. The molecule has 0 saturated heterocycles. The van der Waals surface area contributed by atoms with Gasteiger partial charge in [-0.25, -0.2) is 0 Å². The van der Waals surface area contributed by atoms with E-state index in [-0.39, 0.29) is 11.7 Å². The number of rotatable bonds is 2. The molecule has 1 aromatic carbocycles. The third-order valence-electron chi connectivity index (χ3n) is 3.18. The number of carbonyl (C=O) groups is 1. The third-order valence-corrected chi connectivity index (χ3v) is 3.53. The van der Waals surface area contributed by atoms with Crippen LogP contribution in [0.3, 0.4) is 0 Å². The second-order valence-corrected chi connectivity index (χ2v) is 4.88. The van der Waals surface area contributed by atoms with E-state index in [1.165, 1.54) is 6.92 Å². The number of Topliss-reactive ketones (excluding diaryl/α,β-unsaturated/α-hetero) is 1. The number of thiol groups is 1. The highest BCUT2D eigenvalue weighted by Gasteiger charge is 2.31. The minimum absolute atomic E-state index is 0.0348. The van der Waals surface area contributed by atoms with E-state index in [2.05, 4.69) is 24.0 Å². The average molecular weight is 270 g/mol. The molecule has 0 aliphatic carbocycles. The molecule has 19 heavy (non-hydrogen) atoms. The summed E-state index contributed by atoms with van der Waals surface area (Å²) in [6.07, 6.45) is 0. The molecule has 4 heteroatoms. The second kappa shape index (κ2) is 5.33. The van der Waals surface area contributed by atoms with Crippen LogP contribution >= 0.6 is 12.6 Å². The fraction of sp³-hybridized carbons (Fsp3) is 0.200. The summed E-state index contributed by atoms with van der Waals surface area (Å²) in [6.45, 7) is 3.35. The van der Waals surface area contributed by atoms with Crippen molar-refractivity contribution in [2.75, 3.05) is 0 Å². The van der Waals surface area contributed by atoms with Gasteiger partial charge in [-0.05, 0) is 19.4 Å². The third kappa shape index (κ3) is 2.42. The molecule has 0 spiro atoms. The summed E-state index contributed by atoms with van der Waals surface area (Å²) in [6, 6.07) is 11.7. The molecule has 0 radical (unpaired) electrons. The SMILES string of the molecule is CC(=O)C1=C(C)NC(S)=C(C#N)C1c1ccccc1. The summed E-state index contributed by atoms with van der Waals surface area (Å²) in [7, 11) is 0. The van der Waals surface area contributed by atoms with Gasteiger partial charge in [-0.2, -0.15) is 5.26 Å². The van der Waals surface area contributed by atoms with Gasteiger partial charge in [0.1, 0.15) is 0 Å². The Morgan fingerprint density at radius 3 is 2.53 bits per heavy atom. The van der Waals surface area contributed by atoms with E-state index in [1.54, 1.807) is 0 Å². The smallest absolute Gasteiger partial charge is 0.158 e. The van der Waals surface area contributed by atoms with Gasteiger partial charge in [-0.3, -0.25) is 4.79 Å². The average Bonchev–Trinajstić information content (AvgIpc) is 2.38. The van der Waals surface area contributed by atoms with E-state index >= 15 is 0 Å². The molecule has 1 aliphatic rings. The zero-order valence-corrected chi connectivity index (χ0v) is 11.7. The van der Waals surface area contributed by atoms with Gasteiger partial charge in [0.15, 0.2) is 5.78 Å². The molecule has 0 bridgehead atoms. The number of benzene rings is 1. The Bertz CT molecular complexity index is 623. The van der Waals surface area contributed by atoms with E-state index in [0.29, 0.717) is 16.2 Å². The molecule has 0 aromatic heterocycles. The zero-order valence-electron chi connectivity index (χ0n) is 10.8. The van der Waals surface area contributed by atoms with Crippen LogP contribution in [0.25, 0.3) is 0 Å². The number of nitrogens with one attached hydrogen (secondary N) is 1. The van der Waals surface area contributed by atoms with Gasteiger partial charge in [0.25, 0.3) is 0 Å². The summed E-state index contributed by atoms with van der Waals surface area (Å²) in [5, 5.41) is 12.9. The molecule has 1 atom stereocenters. The van der Waals surface area contributed by atoms with Crippen molar-refractivity contribution >= 4 is 18.4 Å². The Kier molecular flexibility index (Phi) is 3.77. The predicted molar refractivity (Wildman–Crippen MR) is 77.3 cm³/mol. The van der Waals surface area contributed by atoms with E-state index in [4.69, 9.17) is 0 Å². The molecule has 1 heterocycles. The summed E-state index contributed by atoms with van der Waals surface area (Å²) >= 11 is 4.31. The molecule has 1 unspecified atom stereocenters. The number of hydrogen-bond donors (Lipinski definition) is 2. The van der Waals surface area contributed by atoms with Crippen LogP contribution in [0.2, 0.25) is 0 Å². The van der Waals surface area contributed by atoms with E-state index < -0.39 is 0 Å². The van der Waals surface area contributed by atoms with E-state index in [0.717, 1.165) is 11.3 Å². The largest absolute Gasteiger partial charge is 0.353 e. The van der Waals surface area contributed by atoms with Gasteiger partial charge < -0.3 is 5.32 Å². The van der Waals surface area contributed by atoms with Crippen LogP contribution in [0.1, 0.15) is 25.3 Å². The lowest BCUT2D eigenvalue weighted by Crippen LogP contribution is -2.26. The number of dihydropyridines is 1. The summed E-state index contributed by atoms with van der Waals surface area (Å²) in [5.74, 6) is -0.370. The van der Waals surface area contributed by atoms with Crippen LogP contribution in [-0.4, -0.2) is 5.78 Å². The lowest BCUT2D eigenvalue weighted by atomic mass is 9.81.